The summed E-state index contributed by atoms with van der Waals surface area (Å²) >= 11 is 0. The molecule has 3 N–H and O–H groups in total. The van der Waals surface area contributed by atoms with E-state index in [1.165, 1.54) is 32.5 Å². The third-order valence-corrected chi connectivity index (χ3v) is 2.94. The maximum Gasteiger partial charge on any atom is 0.127 e. The molecule has 1 aromatic heterocycles. The molecule has 0 radical (unpaired) electrons. The fourth-order valence-electron chi connectivity index (χ4n) is 2.07. The topological polar surface area (TPSA) is 54.2 Å². The van der Waals surface area contributed by atoms with Crippen molar-refractivity contribution in [2.45, 2.75) is 19.3 Å². The first-order valence-electron chi connectivity index (χ1n) is 6.02. The minimum absolute atomic E-state index is 0.761. The zero-order valence-corrected chi connectivity index (χ0v) is 9.65. The molecule has 16 heavy (non-hydrogen) atoms. The molecule has 0 unspecified atom stereocenters. The fraction of sp³-hybridized carbons (Fsp3) is 0.583. The van der Waals surface area contributed by atoms with Crippen LogP contribution < -0.4 is 11.1 Å². The number of aromatic nitrogens is 1. The van der Waals surface area contributed by atoms with E-state index in [2.05, 4.69) is 15.2 Å². The summed E-state index contributed by atoms with van der Waals surface area (Å²) in [7, 11) is 0. The van der Waals surface area contributed by atoms with Crippen LogP contribution in [0.4, 0.5) is 11.5 Å². The van der Waals surface area contributed by atoms with Gasteiger partial charge in [0.1, 0.15) is 5.82 Å². The minimum Gasteiger partial charge on any atom is -0.399 e. The monoisotopic (exact) mass is 220 g/mol. The van der Waals surface area contributed by atoms with Gasteiger partial charge in [-0.15, -0.1) is 0 Å². The van der Waals surface area contributed by atoms with Crippen LogP contribution in [0.2, 0.25) is 0 Å². The van der Waals surface area contributed by atoms with Gasteiger partial charge in [0.05, 0.1) is 0 Å². The smallest absolute Gasteiger partial charge is 0.127 e. The van der Waals surface area contributed by atoms with E-state index in [1.807, 2.05) is 6.07 Å². The number of likely N-dealkylation sites (tertiary alicyclic amines) is 1. The lowest BCUT2D eigenvalue weighted by Gasteiger charge is -2.14. The van der Waals surface area contributed by atoms with Gasteiger partial charge in [-0.3, -0.25) is 0 Å². The Morgan fingerprint density at radius 1 is 1.38 bits per heavy atom. The molecule has 2 heterocycles. The molecule has 4 nitrogen and oxygen atoms in total. The highest BCUT2D eigenvalue weighted by Crippen LogP contribution is 2.09. The zero-order valence-electron chi connectivity index (χ0n) is 9.65. The summed E-state index contributed by atoms with van der Waals surface area (Å²) in [5.41, 5.74) is 6.44. The Morgan fingerprint density at radius 3 is 2.94 bits per heavy atom. The summed E-state index contributed by atoms with van der Waals surface area (Å²) in [6.45, 7) is 4.70. The van der Waals surface area contributed by atoms with Crippen molar-refractivity contribution in [1.82, 2.24) is 9.88 Å². The SMILES string of the molecule is Nc1ccnc(NCCCN2CCCC2)c1. The van der Waals surface area contributed by atoms with E-state index >= 15 is 0 Å². The summed E-state index contributed by atoms with van der Waals surface area (Å²) in [5, 5.41) is 3.29. The van der Waals surface area contributed by atoms with Gasteiger partial charge >= 0.3 is 0 Å². The van der Waals surface area contributed by atoms with E-state index in [0.29, 0.717) is 0 Å². The van der Waals surface area contributed by atoms with Crippen LogP contribution in [0, 0.1) is 0 Å². The highest BCUT2D eigenvalue weighted by Gasteiger charge is 2.09. The number of pyridine rings is 1. The maximum absolute atomic E-state index is 5.67. The van der Waals surface area contributed by atoms with Gasteiger partial charge in [-0.1, -0.05) is 0 Å². The molecule has 0 aliphatic carbocycles. The largest absolute Gasteiger partial charge is 0.399 e. The lowest BCUT2D eigenvalue weighted by Crippen LogP contribution is -2.22. The third kappa shape index (κ3) is 3.38. The second-order valence-corrected chi connectivity index (χ2v) is 4.30. The molecular formula is C12H20N4. The van der Waals surface area contributed by atoms with Crippen molar-refractivity contribution in [3.63, 3.8) is 0 Å². The Kier molecular flexibility index (Phi) is 3.99. The van der Waals surface area contributed by atoms with E-state index in [4.69, 9.17) is 5.73 Å². The fourth-order valence-corrected chi connectivity index (χ4v) is 2.07. The van der Waals surface area contributed by atoms with Crippen LogP contribution in [0.1, 0.15) is 19.3 Å². The number of nitrogens with two attached hydrogens (primary N) is 1. The molecule has 1 aliphatic heterocycles. The number of anilines is 2. The van der Waals surface area contributed by atoms with E-state index in [0.717, 1.165) is 24.5 Å². The number of nitrogen functional groups attached to an aromatic ring is 1. The molecular weight excluding hydrogens is 200 g/mol. The maximum atomic E-state index is 5.67. The van der Waals surface area contributed by atoms with Crippen molar-refractivity contribution in [2.24, 2.45) is 0 Å². The first-order valence-corrected chi connectivity index (χ1v) is 6.02. The molecule has 1 aliphatic rings. The van der Waals surface area contributed by atoms with Crippen LogP contribution in [-0.4, -0.2) is 36.1 Å². The van der Waals surface area contributed by atoms with Crippen molar-refractivity contribution in [3.8, 4) is 0 Å². The standard InChI is InChI=1S/C12H20N4/c13-11-4-6-15-12(10-11)14-5-3-9-16-7-1-2-8-16/h4,6,10H,1-3,5,7-9H2,(H3,13,14,15). The summed E-state index contributed by atoms with van der Waals surface area (Å²) in [6, 6.07) is 3.67. The Labute approximate surface area is 96.8 Å². The molecule has 0 bridgehead atoms. The molecule has 0 atom stereocenters. The zero-order chi connectivity index (χ0) is 11.2. The normalized spacial score (nSPS) is 16.5. The van der Waals surface area contributed by atoms with Gasteiger partial charge in [0, 0.05) is 24.5 Å². The van der Waals surface area contributed by atoms with Crippen molar-refractivity contribution in [3.05, 3.63) is 18.3 Å². The number of rotatable bonds is 5. The van der Waals surface area contributed by atoms with Gasteiger partial charge < -0.3 is 16.0 Å². The minimum atomic E-state index is 0.761. The molecule has 88 valence electrons. The van der Waals surface area contributed by atoms with Gasteiger partial charge in [0.25, 0.3) is 0 Å². The number of hydrogen-bond acceptors (Lipinski definition) is 4. The van der Waals surface area contributed by atoms with Crippen molar-refractivity contribution >= 4 is 11.5 Å². The van der Waals surface area contributed by atoms with Crippen LogP contribution >= 0.6 is 0 Å². The predicted molar refractivity (Wildman–Crippen MR) is 67.4 cm³/mol. The molecule has 1 aromatic rings. The van der Waals surface area contributed by atoms with E-state index in [1.54, 1.807) is 12.3 Å². The Balaban J connectivity index is 1.64. The molecule has 0 aromatic carbocycles. The van der Waals surface area contributed by atoms with Gasteiger partial charge in [-0.05, 0) is 45.0 Å². The molecule has 1 fully saturated rings. The summed E-state index contributed by atoms with van der Waals surface area (Å²) < 4.78 is 0. The molecule has 4 heteroatoms. The molecule has 2 rings (SSSR count). The molecule has 1 saturated heterocycles. The van der Waals surface area contributed by atoms with Crippen LogP contribution in [-0.2, 0) is 0 Å². The summed E-state index contributed by atoms with van der Waals surface area (Å²) in [4.78, 5) is 6.73. The van der Waals surface area contributed by atoms with Crippen molar-refractivity contribution in [2.75, 3.05) is 37.2 Å². The van der Waals surface area contributed by atoms with Crippen LogP contribution in [0.5, 0.6) is 0 Å². The Morgan fingerprint density at radius 2 is 2.19 bits per heavy atom. The van der Waals surface area contributed by atoms with Crippen LogP contribution in [0.3, 0.4) is 0 Å². The average molecular weight is 220 g/mol. The van der Waals surface area contributed by atoms with Gasteiger partial charge in [0.2, 0.25) is 0 Å². The first kappa shape index (κ1) is 11.2. The van der Waals surface area contributed by atoms with Gasteiger partial charge in [0.15, 0.2) is 0 Å². The third-order valence-electron chi connectivity index (χ3n) is 2.94. The second kappa shape index (κ2) is 5.70. The average Bonchev–Trinajstić information content (AvgIpc) is 2.77. The highest BCUT2D eigenvalue weighted by atomic mass is 15.1. The highest BCUT2D eigenvalue weighted by molar-refractivity contribution is 5.48. The first-order chi connectivity index (χ1) is 7.84. The second-order valence-electron chi connectivity index (χ2n) is 4.30. The lowest BCUT2D eigenvalue weighted by atomic mass is 10.3. The summed E-state index contributed by atoms with van der Waals surface area (Å²) in [6.07, 6.45) is 5.63. The molecule has 0 saturated carbocycles. The number of nitrogens with one attached hydrogen (secondary N) is 1. The molecule has 0 spiro atoms. The van der Waals surface area contributed by atoms with Crippen molar-refractivity contribution in [1.29, 1.82) is 0 Å². The number of hydrogen-bond donors (Lipinski definition) is 2. The summed E-state index contributed by atoms with van der Waals surface area (Å²) in [5.74, 6) is 0.876. The van der Waals surface area contributed by atoms with Gasteiger partial charge in [-0.2, -0.15) is 0 Å². The lowest BCUT2D eigenvalue weighted by molar-refractivity contribution is 0.337. The van der Waals surface area contributed by atoms with E-state index < -0.39 is 0 Å². The van der Waals surface area contributed by atoms with Crippen molar-refractivity contribution < 1.29 is 0 Å². The quantitative estimate of drug-likeness (QED) is 0.739. The number of nitrogens with zero attached hydrogens (tertiary/aromatic N) is 2. The van der Waals surface area contributed by atoms with Gasteiger partial charge in [-0.25, -0.2) is 4.98 Å². The van der Waals surface area contributed by atoms with Crippen LogP contribution in [0.25, 0.3) is 0 Å². The Bertz CT molecular complexity index is 321. The predicted octanol–water partition coefficient (Wildman–Crippen LogP) is 1.56. The molecule has 0 amide bonds. The Hall–Kier alpha value is -1.29. The van der Waals surface area contributed by atoms with Crippen LogP contribution in [0.15, 0.2) is 18.3 Å². The van der Waals surface area contributed by atoms with E-state index in [9.17, 15) is 0 Å². The van der Waals surface area contributed by atoms with E-state index in [-0.39, 0.29) is 0 Å².